The van der Waals surface area contributed by atoms with Gasteiger partial charge in [0.15, 0.2) is 0 Å². The van der Waals surface area contributed by atoms with Gasteiger partial charge in [0.05, 0.1) is 0 Å². The summed E-state index contributed by atoms with van der Waals surface area (Å²) < 4.78 is 4.88. The third-order valence-electron chi connectivity index (χ3n) is 3.39. The molecule has 1 aromatic rings. The molecule has 1 N–H and O–H groups in total. The van der Waals surface area contributed by atoms with Crippen LogP contribution in [-0.4, -0.2) is 17.6 Å². The van der Waals surface area contributed by atoms with Gasteiger partial charge in [0, 0.05) is 18.3 Å². The lowest BCUT2D eigenvalue weighted by Crippen LogP contribution is -2.10. The zero-order chi connectivity index (χ0) is 11.4. The summed E-state index contributed by atoms with van der Waals surface area (Å²) >= 11 is 0. The SMILES string of the molecule is CC(Cc1cc(C2CCCC2)c[nH]1)OC=O. The van der Waals surface area contributed by atoms with Gasteiger partial charge in [0.2, 0.25) is 0 Å². The van der Waals surface area contributed by atoms with Crippen molar-refractivity contribution in [2.75, 3.05) is 0 Å². The Morgan fingerprint density at radius 3 is 3.00 bits per heavy atom. The Bertz CT molecular complexity index is 339. The predicted octanol–water partition coefficient (Wildman–Crippen LogP) is 2.78. The summed E-state index contributed by atoms with van der Waals surface area (Å²) in [4.78, 5) is 13.5. The van der Waals surface area contributed by atoms with E-state index in [4.69, 9.17) is 4.74 Å². The van der Waals surface area contributed by atoms with Gasteiger partial charge in [-0.25, -0.2) is 0 Å². The average molecular weight is 221 g/mol. The number of aromatic nitrogens is 1. The van der Waals surface area contributed by atoms with E-state index in [9.17, 15) is 4.79 Å². The van der Waals surface area contributed by atoms with Crippen molar-refractivity contribution in [3.8, 4) is 0 Å². The van der Waals surface area contributed by atoms with E-state index in [1.807, 2.05) is 6.92 Å². The van der Waals surface area contributed by atoms with Crippen molar-refractivity contribution in [1.29, 1.82) is 0 Å². The Kier molecular flexibility index (Phi) is 3.65. The molecule has 3 heteroatoms. The van der Waals surface area contributed by atoms with Crippen LogP contribution in [0.3, 0.4) is 0 Å². The van der Waals surface area contributed by atoms with Crippen LogP contribution in [0.4, 0.5) is 0 Å². The summed E-state index contributed by atoms with van der Waals surface area (Å²) in [7, 11) is 0. The number of H-pyrrole nitrogens is 1. The van der Waals surface area contributed by atoms with Crippen LogP contribution in [0.5, 0.6) is 0 Å². The van der Waals surface area contributed by atoms with E-state index in [-0.39, 0.29) is 6.10 Å². The standard InChI is InChI=1S/C13H19NO2/c1-10(16-9-15)6-13-7-12(8-14-13)11-4-2-3-5-11/h7-11,14H,2-6H2,1H3. The van der Waals surface area contributed by atoms with Gasteiger partial charge in [-0.2, -0.15) is 0 Å². The number of carbonyl (C=O) groups is 1. The zero-order valence-corrected chi connectivity index (χ0v) is 9.74. The average Bonchev–Trinajstić information content (AvgIpc) is 2.86. The first-order chi connectivity index (χ1) is 7.79. The number of carbonyl (C=O) groups excluding carboxylic acids is 1. The summed E-state index contributed by atoms with van der Waals surface area (Å²) in [6.07, 6.45) is 8.18. The van der Waals surface area contributed by atoms with Gasteiger partial charge in [-0.15, -0.1) is 0 Å². The lowest BCUT2D eigenvalue weighted by atomic mass is 10.0. The summed E-state index contributed by atoms with van der Waals surface area (Å²) in [5, 5.41) is 0. The third-order valence-corrected chi connectivity index (χ3v) is 3.39. The van der Waals surface area contributed by atoms with E-state index in [0.29, 0.717) is 6.47 Å². The molecule has 16 heavy (non-hydrogen) atoms. The number of aromatic amines is 1. The zero-order valence-electron chi connectivity index (χ0n) is 9.74. The van der Waals surface area contributed by atoms with Crippen LogP contribution in [0.15, 0.2) is 12.3 Å². The van der Waals surface area contributed by atoms with Crippen LogP contribution in [0, 0.1) is 0 Å². The van der Waals surface area contributed by atoms with Crippen LogP contribution in [0.2, 0.25) is 0 Å². The highest BCUT2D eigenvalue weighted by molar-refractivity contribution is 5.37. The Balaban J connectivity index is 1.93. The lowest BCUT2D eigenvalue weighted by Gasteiger charge is -2.07. The van der Waals surface area contributed by atoms with Gasteiger partial charge in [-0.3, -0.25) is 4.79 Å². The van der Waals surface area contributed by atoms with Gasteiger partial charge >= 0.3 is 0 Å². The monoisotopic (exact) mass is 221 g/mol. The molecule has 1 aliphatic carbocycles. The van der Waals surface area contributed by atoms with Crippen LogP contribution in [0.1, 0.15) is 49.8 Å². The molecular formula is C13H19NO2. The van der Waals surface area contributed by atoms with Crippen molar-refractivity contribution < 1.29 is 9.53 Å². The maximum atomic E-state index is 10.2. The minimum absolute atomic E-state index is 0.0485. The lowest BCUT2D eigenvalue weighted by molar-refractivity contribution is -0.132. The molecule has 1 fully saturated rings. The first kappa shape index (κ1) is 11.2. The first-order valence-electron chi connectivity index (χ1n) is 6.06. The van der Waals surface area contributed by atoms with E-state index >= 15 is 0 Å². The van der Waals surface area contributed by atoms with Crippen LogP contribution < -0.4 is 0 Å². The minimum atomic E-state index is -0.0485. The number of hydrogen-bond acceptors (Lipinski definition) is 2. The van der Waals surface area contributed by atoms with Gasteiger partial charge in [-0.1, -0.05) is 12.8 Å². The molecule has 1 heterocycles. The molecule has 0 radical (unpaired) electrons. The first-order valence-corrected chi connectivity index (χ1v) is 6.06. The Hall–Kier alpha value is -1.25. The normalized spacial score (nSPS) is 18.6. The fourth-order valence-corrected chi connectivity index (χ4v) is 2.53. The molecule has 88 valence electrons. The van der Waals surface area contributed by atoms with E-state index in [1.165, 1.54) is 31.2 Å². The molecule has 0 amide bonds. The van der Waals surface area contributed by atoms with E-state index in [0.717, 1.165) is 18.0 Å². The molecule has 1 aliphatic rings. The molecular weight excluding hydrogens is 202 g/mol. The molecule has 3 nitrogen and oxygen atoms in total. The van der Waals surface area contributed by atoms with Crippen molar-refractivity contribution in [2.24, 2.45) is 0 Å². The number of rotatable bonds is 5. The van der Waals surface area contributed by atoms with Crippen molar-refractivity contribution in [3.63, 3.8) is 0 Å². The second-order valence-electron chi connectivity index (χ2n) is 4.69. The second-order valence-corrected chi connectivity index (χ2v) is 4.69. The molecule has 0 aromatic carbocycles. The fourth-order valence-electron chi connectivity index (χ4n) is 2.53. The van der Waals surface area contributed by atoms with E-state index in [1.54, 1.807) is 0 Å². The van der Waals surface area contributed by atoms with Gasteiger partial charge < -0.3 is 9.72 Å². The highest BCUT2D eigenvalue weighted by atomic mass is 16.5. The maximum Gasteiger partial charge on any atom is 0.293 e. The molecule has 1 atom stereocenters. The summed E-state index contributed by atoms with van der Waals surface area (Å²) in [6.45, 7) is 2.43. The van der Waals surface area contributed by atoms with Crippen molar-refractivity contribution >= 4 is 6.47 Å². The van der Waals surface area contributed by atoms with Gasteiger partial charge in [0.1, 0.15) is 6.10 Å². The minimum Gasteiger partial charge on any atom is -0.464 e. The molecule has 0 aliphatic heterocycles. The van der Waals surface area contributed by atoms with Crippen molar-refractivity contribution in [2.45, 2.75) is 51.0 Å². The molecule has 0 bridgehead atoms. The summed E-state index contributed by atoms with van der Waals surface area (Å²) in [6, 6.07) is 2.22. The fraction of sp³-hybridized carbons (Fsp3) is 0.615. The largest absolute Gasteiger partial charge is 0.464 e. The molecule has 1 saturated carbocycles. The molecule has 0 spiro atoms. The Morgan fingerprint density at radius 1 is 1.56 bits per heavy atom. The van der Waals surface area contributed by atoms with Crippen molar-refractivity contribution in [3.05, 3.63) is 23.5 Å². The number of nitrogens with one attached hydrogen (secondary N) is 1. The van der Waals surface area contributed by atoms with Crippen LogP contribution in [0.25, 0.3) is 0 Å². The molecule has 0 saturated heterocycles. The molecule has 1 unspecified atom stereocenters. The number of hydrogen-bond donors (Lipinski definition) is 1. The summed E-state index contributed by atoms with van der Waals surface area (Å²) in [5.41, 5.74) is 2.59. The quantitative estimate of drug-likeness (QED) is 0.777. The Labute approximate surface area is 96.2 Å². The topological polar surface area (TPSA) is 42.1 Å². The van der Waals surface area contributed by atoms with E-state index in [2.05, 4.69) is 17.2 Å². The summed E-state index contributed by atoms with van der Waals surface area (Å²) in [5.74, 6) is 0.743. The maximum absolute atomic E-state index is 10.2. The van der Waals surface area contributed by atoms with Gasteiger partial charge in [-0.05, 0) is 37.3 Å². The second kappa shape index (κ2) is 5.19. The Morgan fingerprint density at radius 2 is 2.31 bits per heavy atom. The highest BCUT2D eigenvalue weighted by Crippen LogP contribution is 2.34. The number of ether oxygens (including phenoxy) is 1. The molecule has 1 aromatic heterocycles. The molecule has 2 rings (SSSR count). The smallest absolute Gasteiger partial charge is 0.293 e. The van der Waals surface area contributed by atoms with E-state index < -0.39 is 0 Å². The third kappa shape index (κ3) is 2.65. The van der Waals surface area contributed by atoms with Crippen LogP contribution in [-0.2, 0) is 16.0 Å². The highest BCUT2D eigenvalue weighted by Gasteiger charge is 2.18. The van der Waals surface area contributed by atoms with Crippen LogP contribution >= 0.6 is 0 Å². The predicted molar refractivity (Wildman–Crippen MR) is 62.3 cm³/mol. The van der Waals surface area contributed by atoms with Crippen molar-refractivity contribution in [1.82, 2.24) is 4.98 Å². The van der Waals surface area contributed by atoms with Gasteiger partial charge in [0.25, 0.3) is 6.47 Å².